The maximum Gasteiger partial charge on any atom is 0.409 e. The van der Waals surface area contributed by atoms with Gasteiger partial charge in [-0.25, -0.2) is 9.78 Å². The van der Waals surface area contributed by atoms with Crippen molar-refractivity contribution in [1.82, 2.24) is 14.5 Å². The summed E-state index contributed by atoms with van der Waals surface area (Å²) in [5, 5.41) is 1.37. The van der Waals surface area contributed by atoms with E-state index in [-0.39, 0.29) is 17.7 Å². The minimum absolute atomic E-state index is 0.00779. The number of carbonyl (C=O) groups is 1. The number of piperidine rings is 1. The Labute approximate surface area is 186 Å². The fraction of sp³-hybridized carbons (Fsp3) is 0.375. The predicted octanol–water partition coefficient (Wildman–Crippen LogP) is 4.79. The third-order valence-corrected chi connectivity index (χ3v) is 6.64. The van der Waals surface area contributed by atoms with Gasteiger partial charge in [-0.15, -0.1) is 0 Å². The minimum Gasteiger partial charge on any atom is -0.450 e. The number of amides is 1. The zero-order chi connectivity index (χ0) is 21.8. The highest BCUT2D eigenvalue weighted by Gasteiger charge is 2.27. The molecule has 0 atom stereocenters. The number of hydrogen-bond acceptors (Lipinski definition) is 5. The third-order valence-electron chi connectivity index (χ3n) is 5.62. The normalized spacial score (nSPS) is 14.7. The van der Waals surface area contributed by atoms with Crippen LogP contribution >= 0.6 is 11.8 Å². The number of thioether (sulfide) groups is 1. The number of rotatable bonds is 5. The van der Waals surface area contributed by atoms with Crippen LogP contribution in [0.3, 0.4) is 0 Å². The molecule has 0 spiro atoms. The maximum absolute atomic E-state index is 13.4. The molecule has 0 unspecified atom stereocenters. The Kier molecular flexibility index (Phi) is 6.61. The van der Waals surface area contributed by atoms with Crippen LogP contribution in [0.4, 0.5) is 4.79 Å². The van der Waals surface area contributed by atoms with Gasteiger partial charge in [0.25, 0.3) is 5.56 Å². The van der Waals surface area contributed by atoms with E-state index in [0.717, 1.165) is 16.4 Å². The monoisotopic (exact) mass is 437 g/mol. The molecule has 1 fully saturated rings. The number of para-hydroxylation sites is 1. The van der Waals surface area contributed by atoms with Crippen molar-refractivity contribution in [2.45, 2.75) is 43.6 Å². The van der Waals surface area contributed by atoms with Gasteiger partial charge in [0.1, 0.15) is 0 Å². The number of aryl methyl sites for hydroxylation is 1. The minimum atomic E-state index is -0.279. The zero-order valence-electron chi connectivity index (χ0n) is 17.9. The first kappa shape index (κ1) is 21.4. The second-order valence-corrected chi connectivity index (χ2v) is 8.72. The summed E-state index contributed by atoms with van der Waals surface area (Å²) in [6, 6.07) is 15.9. The Morgan fingerprint density at radius 3 is 2.55 bits per heavy atom. The van der Waals surface area contributed by atoms with Crippen LogP contribution in [-0.4, -0.2) is 40.2 Å². The van der Waals surface area contributed by atoms with Gasteiger partial charge in [-0.05, 0) is 44.4 Å². The molecule has 1 aromatic heterocycles. The molecular weight excluding hydrogens is 410 g/mol. The second-order valence-electron chi connectivity index (χ2n) is 7.78. The summed E-state index contributed by atoms with van der Waals surface area (Å²) in [5.74, 6) is 0.743. The standard InChI is InChI=1S/C24H27N3O3S/c1-3-30-24(29)26-14-12-19(13-15-26)27-22(28)20-6-4-5-7-21(20)25-23(27)31-16-18-10-8-17(2)9-11-18/h4-11,19H,3,12-16H2,1-2H3. The molecule has 0 N–H and O–H groups in total. The van der Waals surface area contributed by atoms with E-state index in [1.165, 1.54) is 11.1 Å². The Morgan fingerprint density at radius 1 is 1.13 bits per heavy atom. The molecule has 31 heavy (non-hydrogen) atoms. The third kappa shape index (κ3) is 4.77. The molecule has 1 aliphatic heterocycles. The SMILES string of the molecule is CCOC(=O)N1CCC(n2c(SCc3ccc(C)cc3)nc3ccccc3c2=O)CC1. The number of fused-ring (bicyclic) bond motifs is 1. The lowest BCUT2D eigenvalue weighted by atomic mass is 10.0. The lowest BCUT2D eigenvalue weighted by Gasteiger charge is -2.33. The van der Waals surface area contributed by atoms with Crippen molar-refractivity contribution in [2.24, 2.45) is 0 Å². The van der Waals surface area contributed by atoms with Crippen LogP contribution < -0.4 is 5.56 Å². The summed E-state index contributed by atoms with van der Waals surface area (Å²) >= 11 is 1.59. The molecule has 2 aromatic carbocycles. The van der Waals surface area contributed by atoms with Crippen LogP contribution in [-0.2, 0) is 10.5 Å². The van der Waals surface area contributed by atoms with Gasteiger partial charge < -0.3 is 9.64 Å². The van der Waals surface area contributed by atoms with Crippen molar-refractivity contribution < 1.29 is 9.53 Å². The fourth-order valence-electron chi connectivity index (χ4n) is 3.90. The first-order valence-electron chi connectivity index (χ1n) is 10.7. The molecule has 3 aromatic rings. The number of likely N-dealkylation sites (tertiary alicyclic amines) is 1. The lowest BCUT2D eigenvalue weighted by molar-refractivity contribution is 0.0915. The van der Waals surface area contributed by atoms with E-state index in [4.69, 9.17) is 9.72 Å². The number of hydrogen-bond donors (Lipinski definition) is 0. The van der Waals surface area contributed by atoms with Crippen LogP contribution in [0.5, 0.6) is 0 Å². The van der Waals surface area contributed by atoms with Gasteiger partial charge in [-0.1, -0.05) is 53.7 Å². The lowest BCUT2D eigenvalue weighted by Crippen LogP contribution is -2.41. The predicted molar refractivity (Wildman–Crippen MR) is 124 cm³/mol. The van der Waals surface area contributed by atoms with Gasteiger partial charge in [0.2, 0.25) is 0 Å². The summed E-state index contributed by atoms with van der Waals surface area (Å²) in [5.41, 5.74) is 3.13. The highest BCUT2D eigenvalue weighted by atomic mass is 32.2. The Hall–Kier alpha value is -2.80. The molecule has 1 amide bonds. The molecule has 6 nitrogen and oxygen atoms in total. The van der Waals surface area contributed by atoms with Crippen molar-refractivity contribution in [3.05, 3.63) is 70.0 Å². The first-order chi connectivity index (χ1) is 15.1. The van der Waals surface area contributed by atoms with Gasteiger partial charge in [0, 0.05) is 24.9 Å². The fourth-order valence-corrected chi connectivity index (χ4v) is 4.93. The summed E-state index contributed by atoms with van der Waals surface area (Å²) < 4.78 is 6.98. The van der Waals surface area contributed by atoms with Crippen LogP contribution in [0.25, 0.3) is 10.9 Å². The Morgan fingerprint density at radius 2 is 1.84 bits per heavy atom. The van der Waals surface area contributed by atoms with Crippen molar-refractivity contribution in [3.63, 3.8) is 0 Å². The molecule has 0 radical (unpaired) electrons. The maximum atomic E-state index is 13.4. The van der Waals surface area contributed by atoms with Crippen LogP contribution in [0.15, 0.2) is 58.5 Å². The first-order valence-corrected chi connectivity index (χ1v) is 11.7. The van der Waals surface area contributed by atoms with E-state index in [1.807, 2.05) is 35.8 Å². The number of benzene rings is 2. The van der Waals surface area contributed by atoms with Crippen molar-refractivity contribution in [2.75, 3.05) is 19.7 Å². The summed E-state index contributed by atoms with van der Waals surface area (Å²) in [7, 11) is 0. The van der Waals surface area contributed by atoms with E-state index in [2.05, 4.69) is 31.2 Å². The molecule has 2 heterocycles. The molecule has 7 heteroatoms. The van der Waals surface area contributed by atoms with Crippen molar-refractivity contribution in [3.8, 4) is 0 Å². The smallest absolute Gasteiger partial charge is 0.409 e. The second kappa shape index (κ2) is 9.56. The molecular formula is C24H27N3O3S. The highest BCUT2D eigenvalue weighted by molar-refractivity contribution is 7.98. The van der Waals surface area contributed by atoms with Gasteiger partial charge in [-0.3, -0.25) is 9.36 Å². The van der Waals surface area contributed by atoms with Crippen LogP contribution in [0.2, 0.25) is 0 Å². The van der Waals surface area contributed by atoms with Crippen molar-refractivity contribution >= 4 is 28.8 Å². The number of carbonyl (C=O) groups excluding carboxylic acids is 1. The van der Waals surface area contributed by atoms with Gasteiger partial charge in [0.05, 0.1) is 17.5 Å². The van der Waals surface area contributed by atoms with E-state index in [9.17, 15) is 9.59 Å². The van der Waals surface area contributed by atoms with E-state index >= 15 is 0 Å². The Balaban J connectivity index is 1.62. The number of aromatic nitrogens is 2. The van der Waals surface area contributed by atoms with E-state index < -0.39 is 0 Å². The van der Waals surface area contributed by atoms with Crippen LogP contribution in [0.1, 0.15) is 36.9 Å². The van der Waals surface area contributed by atoms with Gasteiger partial charge in [0.15, 0.2) is 5.16 Å². The zero-order valence-corrected chi connectivity index (χ0v) is 18.7. The number of nitrogens with zero attached hydrogens (tertiary/aromatic N) is 3. The molecule has 4 rings (SSSR count). The Bertz CT molecular complexity index is 1120. The topological polar surface area (TPSA) is 64.4 Å². The molecule has 162 valence electrons. The molecule has 0 aliphatic carbocycles. The van der Waals surface area contributed by atoms with E-state index in [1.54, 1.807) is 16.7 Å². The molecule has 0 bridgehead atoms. The quantitative estimate of drug-likeness (QED) is 0.424. The van der Waals surface area contributed by atoms with E-state index in [0.29, 0.717) is 37.9 Å². The van der Waals surface area contributed by atoms with Gasteiger partial charge >= 0.3 is 6.09 Å². The average molecular weight is 438 g/mol. The van der Waals surface area contributed by atoms with Gasteiger partial charge in [-0.2, -0.15) is 0 Å². The number of ether oxygens (including phenoxy) is 1. The summed E-state index contributed by atoms with van der Waals surface area (Å²) in [6.07, 6.45) is 1.13. The molecule has 0 saturated carbocycles. The van der Waals surface area contributed by atoms with Crippen LogP contribution in [0, 0.1) is 6.92 Å². The summed E-state index contributed by atoms with van der Waals surface area (Å²) in [6.45, 7) is 5.40. The highest BCUT2D eigenvalue weighted by Crippen LogP contribution is 2.29. The average Bonchev–Trinajstić information content (AvgIpc) is 2.79. The van der Waals surface area contributed by atoms with Crippen molar-refractivity contribution in [1.29, 1.82) is 0 Å². The largest absolute Gasteiger partial charge is 0.450 e. The summed E-state index contributed by atoms with van der Waals surface area (Å²) in [4.78, 5) is 32.0. The molecule has 1 saturated heterocycles. The molecule has 1 aliphatic rings.